The van der Waals surface area contributed by atoms with Crippen LogP contribution < -0.4 is 5.32 Å². The standard InChI is InChI=1S/C20H30N2O/c1-3-15-14-22(20(23)17-10-11-17)13-12-19(15)21-18(4-2)16-8-6-5-7-9-16/h5-9,15,17-19,21H,3-4,10-14H2,1-2H3/t15-,18+,19-/m1/s1. The Morgan fingerprint density at radius 1 is 1.22 bits per heavy atom. The maximum absolute atomic E-state index is 12.3. The highest BCUT2D eigenvalue weighted by molar-refractivity contribution is 5.81. The van der Waals surface area contributed by atoms with Gasteiger partial charge in [0.1, 0.15) is 0 Å². The lowest BCUT2D eigenvalue weighted by molar-refractivity contribution is -0.134. The van der Waals surface area contributed by atoms with Crippen molar-refractivity contribution in [1.82, 2.24) is 10.2 Å². The Balaban J connectivity index is 1.62. The smallest absolute Gasteiger partial charge is 0.225 e. The SMILES string of the molecule is CC[C@@H]1CN(C(=O)C2CC2)CC[C@H]1N[C@@H](CC)c1ccccc1. The molecule has 3 rings (SSSR count). The molecular weight excluding hydrogens is 284 g/mol. The number of nitrogens with one attached hydrogen (secondary N) is 1. The normalized spacial score (nSPS) is 26.1. The molecule has 0 spiro atoms. The van der Waals surface area contributed by atoms with Crippen LogP contribution >= 0.6 is 0 Å². The van der Waals surface area contributed by atoms with E-state index in [-0.39, 0.29) is 0 Å². The molecule has 0 bridgehead atoms. The molecule has 2 fully saturated rings. The van der Waals surface area contributed by atoms with Crippen molar-refractivity contribution in [3.05, 3.63) is 35.9 Å². The van der Waals surface area contributed by atoms with E-state index in [4.69, 9.17) is 0 Å². The van der Waals surface area contributed by atoms with Crippen molar-refractivity contribution in [2.24, 2.45) is 11.8 Å². The molecule has 3 heteroatoms. The maximum atomic E-state index is 12.3. The Kier molecular flexibility index (Phi) is 5.37. The zero-order valence-corrected chi connectivity index (χ0v) is 14.5. The first-order valence-corrected chi connectivity index (χ1v) is 9.32. The van der Waals surface area contributed by atoms with Crippen molar-refractivity contribution >= 4 is 5.91 Å². The van der Waals surface area contributed by atoms with E-state index in [9.17, 15) is 4.79 Å². The number of piperidine rings is 1. The summed E-state index contributed by atoms with van der Waals surface area (Å²) in [4.78, 5) is 14.5. The molecule has 3 nitrogen and oxygen atoms in total. The molecule has 126 valence electrons. The van der Waals surface area contributed by atoms with E-state index in [1.807, 2.05) is 0 Å². The molecule has 1 amide bonds. The zero-order valence-electron chi connectivity index (χ0n) is 14.5. The van der Waals surface area contributed by atoms with Crippen LogP contribution in [0.15, 0.2) is 30.3 Å². The highest BCUT2D eigenvalue weighted by Gasteiger charge is 2.37. The summed E-state index contributed by atoms with van der Waals surface area (Å²) in [6.45, 7) is 6.37. The average molecular weight is 314 g/mol. The maximum Gasteiger partial charge on any atom is 0.225 e. The Hall–Kier alpha value is -1.35. The van der Waals surface area contributed by atoms with E-state index in [0.29, 0.717) is 29.8 Å². The van der Waals surface area contributed by atoms with Gasteiger partial charge in [0, 0.05) is 31.1 Å². The summed E-state index contributed by atoms with van der Waals surface area (Å²) in [6.07, 6.45) is 5.54. The number of carbonyl (C=O) groups excluding carboxylic acids is 1. The molecule has 1 saturated heterocycles. The zero-order chi connectivity index (χ0) is 16.2. The lowest BCUT2D eigenvalue weighted by Crippen LogP contribution is -2.51. The van der Waals surface area contributed by atoms with E-state index < -0.39 is 0 Å². The van der Waals surface area contributed by atoms with Gasteiger partial charge in [-0.2, -0.15) is 0 Å². The summed E-state index contributed by atoms with van der Waals surface area (Å²) in [5.41, 5.74) is 1.38. The van der Waals surface area contributed by atoms with Crippen LogP contribution in [0.25, 0.3) is 0 Å². The topological polar surface area (TPSA) is 32.3 Å². The summed E-state index contributed by atoms with van der Waals surface area (Å²) < 4.78 is 0. The first-order chi connectivity index (χ1) is 11.2. The predicted octanol–water partition coefficient (Wildman–Crippen LogP) is 3.76. The van der Waals surface area contributed by atoms with Crippen LogP contribution in [0, 0.1) is 11.8 Å². The van der Waals surface area contributed by atoms with Gasteiger partial charge in [0.05, 0.1) is 0 Å². The molecule has 1 aliphatic heterocycles. The van der Waals surface area contributed by atoms with E-state index in [2.05, 4.69) is 54.4 Å². The van der Waals surface area contributed by atoms with Crippen LogP contribution in [-0.2, 0) is 4.79 Å². The van der Waals surface area contributed by atoms with Crippen LogP contribution in [0.5, 0.6) is 0 Å². The molecule has 3 atom stereocenters. The van der Waals surface area contributed by atoms with Crippen molar-refractivity contribution in [1.29, 1.82) is 0 Å². The fourth-order valence-electron chi connectivity index (χ4n) is 3.85. The molecule has 0 radical (unpaired) electrons. The molecule has 1 aromatic carbocycles. The lowest BCUT2D eigenvalue weighted by Gasteiger charge is -2.40. The molecule has 1 aromatic rings. The monoisotopic (exact) mass is 314 g/mol. The second-order valence-corrected chi connectivity index (χ2v) is 7.16. The third kappa shape index (κ3) is 3.95. The molecule has 1 heterocycles. The van der Waals surface area contributed by atoms with Crippen LogP contribution in [0.3, 0.4) is 0 Å². The largest absolute Gasteiger partial charge is 0.342 e. The Morgan fingerprint density at radius 3 is 2.57 bits per heavy atom. The van der Waals surface area contributed by atoms with Gasteiger partial charge in [-0.05, 0) is 37.2 Å². The molecule has 2 aliphatic rings. The Bertz CT molecular complexity index is 512. The quantitative estimate of drug-likeness (QED) is 0.867. The molecule has 1 aliphatic carbocycles. The molecule has 0 aromatic heterocycles. The number of rotatable bonds is 6. The molecule has 1 saturated carbocycles. The Labute approximate surface area is 140 Å². The number of hydrogen-bond acceptors (Lipinski definition) is 2. The van der Waals surface area contributed by atoms with Gasteiger partial charge in [-0.15, -0.1) is 0 Å². The third-order valence-corrected chi connectivity index (χ3v) is 5.52. The number of hydrogen-bond donors (Lipinski definition) is 1. The number of amides is 1. The van der Waals surface area contributed by atoms with Gasteiger partial charge >= 0.3 is 0 Å². The highest BCUT2D eigenvalue weighted by Crippen LogP contribution is 2.33. The fraction of sp³-hybridized carbons (Fsp3) is 0.650. The minimum atomic E-state index is 0.352. The van der Waals surface area contributed by atoms with E-state index in [1.54, 1.807) is 0 Å². The second kappa shape index (κ2) is 7.48. The fourth-order valence-corrected chi connectivity index (χ4v) is 3.85. The van der Waals surface area contributed by atoms with Gasteiger partial charge in [-0.3, -0.25) is 4.79 Å². The molecule has 1 N–H and O–H groups in total. The van der Waals surface area contributed by atoms with Gasteiger partial charge in [-0.1, -0.05) is 50.6 Å². The van der Waals surface area contributed by atoms with E-state index in [1.165, 1.54) is 5.56 Å². The van der Waals surface area contributed by atoms with Crippen molar-refractivity contribution < 1.29 is 4.79 Å². The minimum Gasteiger partial charge on any atom is -0.342 e. The molecular formula is C20H30N2O. The van der Waals surface area contributed by atoms with E-state index >= 15 is 0 Å². The van der Waals surface area contributed by atoms with Crippen LogP contribution in [0.2, 0.25) is 0 Å². The minimum absolute atomic E-state index is 0.352. The number of likely N-dealkylation sites (tertiary alicyclic amines) is 1. The number of nitrogens with zero attached hydrogens (tertiary/aromatic N) is 1. The molecule has 0 unspecified atom stereocenters. The van der Waals surface area contributed by atoms with Gasteiger partial charge in [0.15, 0.2) is 0 Å². The summed E-state index contributed by atoms with van der Waals surface area (Å²) in [5, 5.41) is 3.89. The van der Waals surface area contributed by atoms with Gasteiger partial charge in [0.25, 0.3) is 0 Å². The first-order valence-electron chi connectivity index (χ1n) is 9.32. The Morgan fingerprint density at radius 2 is 1.96 bits per heavy atom. The van der Waals surface area contributed by atoms with Crippen molar-refractivity contribution in [3.8, 4) is 0 Å². The van der Waals surface area contributed by atoms with Gasteiger partial charge < -0.3 is 10.2 Å². The van der Waals surface area contributed by atoms with Crippen LogP contribution in [0.1, 0.15) is 57.6 Å². The third-order valence-electron chi connectivity index (χ3n) is 5.52. The number of carbonyl (C=O) groups is 1. The molecule has 23 heavy (non-hydrogen) atoms. The summed E-state index contributed by atoms with van der Waals surface area (Å²) >= 11 is 0. The van der Waals surface area contributed by atoms with E-state index in [0.717, 1.165) is 45.2 Å². The van der Waals surface area contributed by atoms with Crippen molar-refractivity contribution in [2.45, 2.75) is 58.0 Å². The summed E-state index contributed by atoms with van der Waals surface area (Å²) in [7, 11) is 0. The van der Waals surface area contributed by atoms with Gasteiger partial charge in [0.2, 0.25) is 5.91 Å². The second-order valence-electron chi connectivity index (χ2n) is 7.16. The lowest BCUT2D eigenvalue weighted by atomic mass is 9.88. The predicted molar refractivity (Wildman–Crippen MR) is 94.1 cm³/mol. The first kappa shape index (κ1) is 16.5. The van der Waals surface area contributed by atoms with Crippen LogP contribution in [-0.4, -0.2) is 29.9 Å². The van der Waals surface area contributed by atoms with Crippen molar-refractivity contribution in [2.75, 3.05) is 13.1 Å². The average Bonchev–Trinajstić information content (AvgIpc) is 3.45. The van der Waals surface area contributed by atoms with Gasteiger partial charge in [-0.25, -0.2) is 0 Å². The van der Waals surface area contributed by atoms with Crippen LogP contribution in [0.4, 0.5) is 0 Å². The summed E-state index contributed by atoms with van der Waals surface area (Å²) in [5.74, 6) is 1.34. The summed E-state index contributed by atoms with van der Waals surface area (Å²) in [6, 6.07) is 11.7. The number of benzene rings is 1. The van der Waals surface area contributed by atoms with Crippen molar-refractivity contribution in [3.63, 3.8) is 0 Å². The highest BCUT2D eigenvalue weighted by atomic mass is 16.2.